The van der Waals surface area contributed by atoms with Gasteiger partial charge in [0.1, 0.15) is 22.8 Å². The van der Waals surface area contributed by atoms with E-state index >= 15 is 0 Å². The van der Waals surface area contributed by atoms with Crippen LogP contribution in [0.5, 0.6) is 0 Å². The summed E-state index contributed by atoms with van der Waals surface area (Å²) in [4.78, 5) is 0. The molecule has 0 unspecified atom stereocenters. The number of halogens is 2. The number of aromatic nitrogens is 2. The lowest BCUT2D eigenvalue weighted by molar-refractivity contribution is 0.627. The fraction of sp³-hybridized carbons (Fsp3) is 0.0357. The van der Waals surface area contributed by atoms with Crippen molar-refractivity contribution in [1.82, 2.24) is 9.13 Å². The maximum Gasteiger partial charge on any atom is 0.160 e. The largest absolute Gasteiger partial charge is 0.454 e. The summed E-state index contributed by atoms with van der Waals surface area (Å²) in [6, 6.07) is 57.8. The third-order valence-corrected chi connectivity index (χ3v) is 12.8. The lowest BCUT2D eigenvalue weighted by Gasteiger charge is -2.26. The van der Waals surface area contributed by atoms with Crippen LogP contribution in [0.4, 0.5) is 8.78 Å². The SMILES string of the molecule is CCc1c(-n2c3ccccc3c3ccc4c5ccccc5oc4c32)c(-c2ccc(F)cc2)cc(-c2ccc(F)cc2)c1-n1c2ccccc2c2ccc3c4ccccc4oc3c21. The Bertz CT molecular complexity index is 3720. The Labute approximate surface area is 353 Å². The summed E-state index contributed by atoms with van der Waals surface area (Å²) in [5, 5.41) is 8.43. The smallest absolute Gasteiger partial charge is 0.160 e. The molecule has 4 aromatic heterocycles. The van der Waals surface area contributed by atoms with Crippen LogP contribution in [0.2, 0.25) is 0 Å². The Morgan fingerprint density at radius 1 is 0.403 bits per heavy atom. The highest BCUT2D eigenvalue weighted by atomic mass is 19.1. The van der Waals surface area contributed by atoms with Crippen molar-refractivity contribution in [3.05, 3.63) is 193 Å². The number of fused-ring (bicyclic) bond motifs is 14. The number of nitrogens with zero attached hydrogens (tertiary/aromatic N) is 2. The van der Waals surface area contributed by atoms with E-state index in [4.69, 9.17) is 8.83 Å². The van der Waals surface area contributed by atoms with E-state index in [2.05, 4.69) is 107 Å². The van der Waals surface area contributed by atoms with Gasteiger partial charge in [0.05, 0.1) is 33.4 Å². The standard InChI is InChI=1S/C56H34F2N2O2/c1-2-36-51(59-47-15-7-3-11-37(47)41-27-29-43-39-13-5-9-17-49(39)61-55(43)53(41)59)45(32-19-23-34(57)24-20-32)31-46(33-21-25-35(58)26-22-33)52(36)60-48-16-8-4-12-38(48)42-28-30-44-40-14-6-10-18-50(40)62-56(44)54(42)60/h3-31H,2H2,1H3. The van der Waals surface area contributed by atoms with Crippen LogP contribution >= 0.6 is 0 Å². The first-order chi connectivity index (χ1) is 30.6. The summed E-state index contributed by atoms with van der Waals surface area (Å²) < 4.78 is 48.2. The van der Waals surface area contributed by atoms with E-state index in [-0.39, 0.29) is 11.6 Å². The fourth-order valence-electron chi connectivity index (χ4n) is 10.2. The Kier molecular flexibility index (Phi) is 7.32. The van der Waals surface area contributed by atoms with Crippen molar-refractivity contribution in [2.24, 2.45) is 0 Å². The zero-order valence-corrected chi connectivity index (χ0v) is 33.4. The van der Waals surface area contributed by atoms with Crippen LogP contribution in [0.1, 0.15) is 12.5 Å². The first-order valence-electron chi connectivity index (χ1n) is 20.9. The highest BCUT2D eigenvalue weighted by Crippen LogP contribution is 2.49. The third-order valence-electron chi connectivity index (χ3n) is 12.8. The van der Waals surface area contributed by atoms with E-state index in [1.165, 1.54) is 24.3 Å². The normalized spacial score (nSPS) is 12.2. The maximum absolute atomic E-state index is 14.9. The number of para-hydroxylation sites is 4. The predicted octanol–water partition coefficient (Wildman–Crippen LogP) is 15.9. The average molecular weight is 805 g/mol. The Balaban J connectivity index is 1.29. The molecule has 0 aliphatic rings. The molecule has 294 valence electrons. The van der Waals surface area contributed by atoms with Crippen LogP contribution in [0.3, 0.4) is 0 Å². The van der Waals surface area contributed by atoms with E-state index in [0.29, 0.717) is 6.42 Å². The van der Waals surface area contributed by atoms with Crippen LogP contribution in [0, 0.1) is 11.6 Å². The fourth-order valence-corrected chi connectivity index (χ4v) is 10.2. The highest BCUT2D eigenvalue weighted by molar-refractivity contribution is 6.23. The Morgan fingerprint density at radius 3 is 1.23 bits per heavy atom. The van der Waals surface area contributed by atoms with Crippen molar-refractivity contribution < 1.29 is 17.6 Å². The molecule has 0 N–H and O–H groups in total. The second-order valence-electron chi connectivity index (χ2n) is 16.1. The molecule has 0 atom stereocenters. The van der Waals surface area contributed by atoms with Gasteiger partial charge in [0, 0.05) is 59.8 Å². The van der Waals surface area contributed by atoms with Gasteiger partial charge in [0.15, 0.2) is 11.2 Å². The van der Waals surface area contributed by atoms with Crippen LogP contribution in [-0.4, -0.2) is 9.13 Å². The molecule has 0 aliphatic carbocycles. The van der Waals surface area contributed by atoms with Gasteiger partial charge in [0.2, 0.25) is 0 Å². The molecule has 4 nitrogen and oxygen atoms in total. The molecule has 0 saturated heterocycles. The molecule has 0 fully saturated rings. The van der Waals surface area contributed by atoms with Gasteiger partial charge in [-0.1, -0.05) is 116 Å². The molecule has 0 spiro atoms. The second-order valence-corrected chi connectivity index (χ2v) is 16.1. The van der Waals surface area contributed by atoms with Crippen molar-refractivity contribution in [1.29, 1.82) is 0 Å². The molecule has 13 aromatic rings. The summed E-state index contributed by atoms with van der Waals surface area (Å²) >= 11 is 0. The number of hydrogen-bond donors (Lipinski definition) is 0. The summed E-state index contributed by atoms with van der Waals surface area (Å²) in [6.07, 6.45) is 0.599. The molecule has 6 heteroatoms. The highest BCUT2D eigenvalue weighted by Gasteiger charge is 2.29. The molecule has 0 aliphatic heterocycles. The van der Waals surface area contributed by atoms with Crippen molar-refractivity contribution in [2.75, 3.05) is 0 Å². The number of furan rings is 2. The minimum Gasteiger partial charge on any atom is -0.454 e. The lowest BCUT2D eigenvalue weighted by Crippen LogP contribution is -2.10. The monoisotopic (exact) mass is 804 g/mol. The van der Waals surface area contributed by atoms with Gasteiger partial charge in [-0.15, -0.1) is 0 Å². The van der Waals surface area contributed by atoms with Crippen LogP contribution in [0.25, 0.3) is 121 Å². The van der Waals surface area contributed by atoms with Gasteiger partial charge in [-0.3, -0.25) is 0 Å². The first-order valence-corrected chi connectivity index (χ1v) is 20.9. The summed E-state index contributed by atoms with van der Waals surface area (Å²) in [5.74, 6) is -0.634. The Morgan fingerprint density at radius 2 is 0.790 bits per heavy atom. The third kappa shape index (κ3) is 4.80. The minimum atomic E-state index is -0.317. The molecule has 0 saturated carbocycles. The van der Waals surface area contributed by atoms with Gasteiger partial charge >= 0.3 is 0 Å². The number of hydrogen-bond acceptors (Lipinski definition) is 2. The lowest BCUT2D eigenvalue weighted by atomic mass is 9.90. The maximum atomic E-state index is 14.9. The second kappa shape index (κ2) is 13.0. The molecular formula is C56H34F2N2O2. The van der Waals surface area contributed by atoms with Crippen molar-refractivity contribution >= 4 is 87.5 Å². The first kappa shape index (κ1) is 34.9. The van der Waals surface area contributed by atoms with E-state index in [9.17, 15) is 8.78 Å². The number of benzene rings is 9. The number of rotatable bonds is 5. The van der Waals surface area contributed by atoms with Gasteiger partial charge in [0.25, 0.3) is 0 Å². The predicted molar refractivity (Wildman–Crippen MR) is 250 cm³/mol. The molecule has 62 heavy (non-hydrogen) atoms. The summed E-state index contributed by atoms with van der Waals surface area (Å²) in [5.41, 5.74) is 13.5. The van der Waals surface area contributed by atoms with Crippen LogP contribution in [-0.2, 0) is 6.42 Å². The topological polar surface area (TPSA) is 36.1 Å². The molecule has 0 amide bonds. The molecule has 0 bridgehead atoms. The van der Waals surface area contributed by atoms with E-state index in [0.717, 1.165) is 127 Å². The molecular weight excluding hydrogens is 771 g/mol. The van der Waals surface area contributed by atoms with Crippen LogP contribution < -0.4 is 0 Å². The van der Waals surface area contributed by atoms with Gasteiger partial charge in [-0.05, 0) is 84.3 Å². The molecule has 4 heterocycles. The van der Waals surface area contributed by atoms with Gasteiger partial charge < -0.3 is 18.0 Å². The van der Waals surface area contributed by atoms with E-state index in [1.807, 2.05) is 60.7 Å². The van der Waals surface area contributed by atoms with Crippen molar-refractivity contribution in [2.45, 2.75) is 13.3 Å². The van der Waals surface area contributed by atoms with Crippen molar-refractivity contribution in [3.8, 4) is 33.6 Å². The minimum absolute atomic E-state index is 0.317. The van der Waals surface area contributed by atoms with Gasteiger partial charge in [-0.2, -0.15) is 0 Å². The Hall–Kier alpha value is -7.96. The average Bonchev–Trinajstić information content (AvgIpc) is 4.07. The van der Waals surface area contributed by atoms with E-state index in [1.54, 1.807) is 0 Å². The summed E-state index contributed by atoms with van der Waals surface area (Å²) in [6.45, 7) is 2.19. The zero-order valence-electron chi connectivity index (χ0n) is 33.4. The van der Waals surface area contributed by atoms with Gasteiger partial charge in [-0.25, -0.2) is 8.78 Å². The zero-order chi connectivity index (χ0) is 41.2. The molecule has 0 radical (unpaired) electrons. The van der Waals surface area contributed by atoms with E-state index < -0.39 is 0 Å². The quantitative estimate of drug-likeness (QED) is 0.174. The van der Waals surface area contributed by atoms with Crippen LogP contribution in [0.15, 0.2) is 185 Å². The summed E-state index contributed by atoms with van der Waals surface area (Å²) in [7, 11) is 0. The molecule has 9 aromatic carbocycles. The molecule has 13 rings (SSSR count). The van der Waals surface area contributed by atoms with Crippen molar-refractivity contribution in [3.63, 3.8) is 0 Å².